The summed E-state index contributed by atoms with van der Waals surface area (Å²) in [5.74, 6) is 0.716. The molecule has 0 saturated heterocycles. The minimum atomic E-state index is -0.185. The molecular weight excluding hydrogens is 832 g/mol. The quantitative estimate of drug-likeness (QED) is 0.112. The number of benzene rings is 4. The van der Waals surface area contributed by atoms with Gasteiger partial charge >= 0.3 is 0 Å². The minimum Gasteiger partial charge on any atom is -0.438 e. The fraction of sp³-hybridized carbons (Fsp3) is 0.370. The molecule has 65 heavy (non-hydrogen) atoms. The van der Waals surface area contributed by atoms with Gasteiger partial charge in [-0.3, -0.25) is 9.59 Å². The lowest BCUT2D eigenvalue weighted by Crippen LogP contribution is -2.52. The Morgan fingerprint density at radius 2 is 1.26 bits per heavy atom. The molecule has 2 aliphatic rings. The van der Waals surface area contributed by atoms with Gasteiger partial charge in [0.25, 0.3) is 5.91 Å². The molecule has 9 nitrogen and oxygen atoms in total. The monoisotopic (exact) mass is 894 g/mol. The second-order valence-corrected chi connectivity index (χ2v) is 19.3. The Labute approximate surface area is 388 Å². The van der Waals surface area contributed by atoms with Crippen LogP contribution in [0.15, 0.2) is 134 Å². The number of halogens is 1. The summed E-state index contributed by atoms with van der Waals surface area (Å²) in [7, 11) is 8.55. The summed E-state index contributed by atoms with van der Waals surface area (Å²) in [6, 6.07) is 41.0. The van der Waals surface area contributed by atoms with E-state index >= 15 is 0 Å². The summed E-state index contributed by atoms with van der Waals surface area (Å²) < 4.78 is 19.6. The van der Waals surface area contributed by atoms with Crippen LogP contribution in [0.2, 0.25) is 0 Å². The third kappa shape index (κ3) is 12.5. The van der Waals surface area contributed by atoms with Crippen molar-refractivity contribution in [2.75, 3.05) is 28.2 Å². The molecule has 4 aromatic carbocycles. The number of aromatic nitrogens is 2. The highest BCUT2D eigenvalue weighted by Gasteiger charge is 2.39. The van der Waals surface area contributed by atoms with Crippen LogP contribution < -0.4 is 15.4 Å². The van der Waals surface area contributed by atoms with Gasteiger partial charge in [-0.25, -0.2) is 14.4 Å². The highest BCUT2D eigenvalue weighted by atomic mass is 32.1. The van der Waals surface area contributed by atoms with Crippen molar-refractivity contribution in [3.63, 3.8) is 0 Å². The summed E-state index contributed by atoms with van der Waals surface area (Å²) in [5.41, 5.74) is 4.92. The number of carbonyl (C=O) groups excluding carboxylic acids is 2. The van der Waals surface area contributed by atoms with Crippen LogP contribution in [-0.4, -0.2) is 82.9 Å². The summed E-state index contributed by atoms with van der Waals surface area (Å²) >= 11 is 1.64. The van der Waals surface area contributed by atoms with Gasteiger partial charge in [-0.05, 0) is 147 Å². The van der Waals surface area contributed by atoms with Crippen molar-refractivity contribution in [2.24, 2.45) is 0 Å². The van der Waals surface area contributed by atoms with Crippen molar-refractivity contribution in [2.45, 2.75) is 101 Å². The van der Waals surface area contributed by atoms with Gasteiger partial charge in [0, 0.05) is 39.8 Å². The summed E-state index contributed by atoms with van der Waals surface area (Å²) in [4.78, 5) is 40.6. The third-order valence-electron chi connectivity index (χ3n) is 13.4. The number of amides is 2. The van der Waals surface area contributed by atoms with Crippen LogP contribution in [0.25, 0.3) is 10.6 Å². The van der Waals surface area contributed by atoms with Crippen molar-refractivity contribution in [3.8, 4) is 22.2 Å². The SMILES string of the molecule is CN(C)C1(Cc2ccccc2)CCC(NC(=O)c2cccnc2Oc2ccccc2)CC1.Cc1sc(-c2ccccc2)nc1CC(=O)NC1CCC(Cc2cccc(F)c2)(N(C)C)CC1. The van der Waals surface area contributed by atoms with Gasteiger partial charge in [0.15, 0.2) is 0 Å². The number of hydrogen-bond acceptors (Lipinski definition) is 8. The fourth-order valence-electron chi connectivity index (χ4n) is 9.40. The molecule has 2 amide bonds. The Morgan fingerprint density at radius 1 is 0.708 bits per heavy atom. The third-order valence-corrected chi connectivity index (χ3v) is 14.5. The van der Waals surface area contributed by atoms with E-state index in [0.717, 1.165) is 90.9 Å². The standard InChI is InChI=1S/C27H32FN3OS.C27H31N3O2/c1-19-24(30-26(33-19)21-9-5-4-6-10-21)17-25(32)29-23-12-14-27(15-13-23,31(2)3)18-20-8-7-11-22(28)16-20;1-30(2)27(20-21-10-5-3-6-11-21)17-15-22(16-18-27)29-25(31)24-14-9-19-28-26(24)32-23-12-7-4-8-13-23/h4-11,16,23H,12-15,17-18H2,1-3H3,(H,29,32);3-14,19,22H,15-18,20H2,1-2H3,(H,29,31). The predicted molar refractivity (Wildman–Crippen MR) is 260 cm³/mol. The number of rotatable bonds is 14. The largest absolute Gasteiger partial charge is 0.438 e. The second kappa shape index (κ2) is 22.0. The molecule has 2 fully saturated rings. The summed E-state index contributed by atoms with van der Waals surface area (Å²) in [5, 5.41) is 7.42. The number of nitrogens with zero attached hydrogens (tertiary/aromatic N) is 4. The number of hydrogen-bond donors (Lipinski definition) is 2. The lowest BCUT2D eigenvalue weighted by Gasteiger charge is -2.45. The van der Waals surface area contributed by atoms with Crippen LogP contribution in [0.4, 0.5) is 4.39 Å². The molecule has 2 aromatic heterocycles. The zero-order valence-corrected chi connectivity index (χ0v) is 39.3. The molecule has 0 atom stereocenters. The smallest absolute Gasteiger partial charge is 0.257 e. The normalized spacial score (nSPS) is 20.7. The zero-order chi connectivity index (χ0) is 45.8. The van der Waals surface area contributed by atoms with Crippen molar-refractivity contribution in [1.82, 2.24) is 30.4 Å². The predicted octanol–water partition coefficient (Wildman–Crippen LogP) is 10.5. The number of likely N-dealkylation sites (N-methyl/N-ethyl adjacent to an activating group) is 2. The molecule has 0 aliphatic heterocycles. The van der Waals surface area contributed by atoms with E-state index in [1.54, 1.807) is 41.8 Å². The number of ether oxygens (including phenoxy) is 1. The molecule has 2 aliphatic carbocycles. The maximum absolute atomic E-state index is 13.7. The molecular formula is C54H63FN6O3S. The van der Waals surface area contributed by atoms with E-state index < -0.39 is 0 Å². The van der Waals surface area contributed by atoms with Gasteiger partial charge in [0.2, 0.25) is 11.8 Å². The van der Waals surface area contributed by atoms with Crippen molar-refractivity contribution in [3.05, 3.63) is 167 Å². The number of para-hydroxylation sites is 1. The molecule has 8 rings (SSSR count). The van der Waals surface area contributed by atoms with E-state index in [1.807, 2.05) is 73.7 Å². The van der Waals surface area contributed by atoms with E-state index in [9.17, 15) is 14.0 Å². The molecule has 2 saturated carbocycles. The van der Waals surface area contributed by atoms with Gasteiger partial charge in [0.05, 0.1) is 12.1 Å². The number of pyridine rings is 1. The van der Waals surface area contributed by atoms with Crippen LogP contribution in [-0.2, 0) is 24.1 Å². The van der Waals surface area contributed by atoms with Crippen LogP contribution in [0.3, 0.4) is 0 Å². The second-order valence-electron chi connectivity index (χ2n) is 18.1. The molecule has 6 aromatic rings. The van der Waals surface area contributed by atoms with Crippen LogP contribution in [0, 0.1) is 12.7 Å². The lowest BCUT2D eigenvalue weighted by atomic mass is 9.74. The average molecular weight is 895 g/mol. The van der Waals surface area contributed by atoms with Gasteiger partial charge in [-0.2, -0.15) is 0 Å². The maximum Gasteiger partial charge on any atom is 0.257 e. The molecule has 2 heterocycles. The van der Waals surface area contributed by atoms with E-state index in [1.165, 1.54) is 11.6 Å². The maximum atomic E-state index is 13.7. The molecule has 11 heteroatoms. The summed E-state index contributed by atoms with van der Waals surface area (Å²) in [6.07, 6.45) is 11.6. The number of carbonyl (C=O) groups is 2. The van der Waals surface area contributed by atoms with Gasteiger partial charge in [-0.15, -0.1) is 11.3 Å². The molecule has 0 spiro atoms. The highest BCUT2D eigenvalue weighted by molar-refractivity contribution is 7.15. The number of aryl methyl sites for hydroxylation is 1. The zero-order valence-electron chi connectivity index (χ0n) is 38.4. The van der Waals surface area contributed by atoms with Gasteiger partial charge in [0.1, 0.15) is 22.1 Å². The number of thiazole rings is 1. The first kappa shape index (κ1) is 47.2. The fourth-order valence-corrected chi connectivity index (χ4v) is 10.3. The molecule has 0 unspecified atom stereocenters. The van der Waals surface area contributed by atoms with Crippen molar-refractivity contribution < 1.29 is 18.7 Å². The van der Waals surface area contributed by atoms with Crippen LogP contribution in [0.1, 0.15) is 83.4 Å². The molecule has 2 N–H and O–H groups in total. The molecule has 0 radical (unpaired) electrons. The topological polar surface area (TPSA) is 99.7 Å². The molecule has 0 bridgehead atoms. The number of nitrogens with one attached hydrogen (secondary N) is 2. The van der Waals surface area contributed by atoms with E-state index in [-0.39, 0.29) is 40.8 Å². The Bertz CT molecular complexity index is 2450. The van der Waals surface area contributed by atoms with E-state index in [0.29, 0.717) is 23.6 Å². The summed E-state index contributed by atoms with van der Waals surface area (Å²) in [6.45, 7) is 2.03. The Balaban J connectivity index is 0.000000194. The first-order valence-corrected chi connectivity index (χ1v) is 23.6. The first-order valence-electron chi connectivity index (χ1n) is 22.8. The van der Waals surface area contributed by atoms with Crippen molar-refractivity contribution >= 4 is 23.2 Å². The first-order chi connectivity index (χ1) is 31.4. The van der Waals surface area contributed by atoms with E-state index in [2.05, 4.69) is 83.9 Å². The molecule has 340 valence electrons. The van der Waals surface area contributed by atoms with E-state index in [4.69, 9.17) is 9.72 Å². The van der Waals surface area contributed by atoms with Gasteiger partial charge < -0.3 is 25.2 Å². The average Bonchev–Trinajstić information content (AvgIpc) is 3.68. The van der Waals surface area contributed by atoms with Crippen LogP contribution >= 0.6 is 11.3 Å². The lowest BCUT2D eigenvalue weighted by molar-refractivity contribution is -0.121. The Kier molecular flexibility index (Phi) is 15.9. The Hall–Kier alpha value is -5.75. The highest BCUT2D eigenvalue weighted by Crippen LogP contribution is 2.37. The Morgan fingerprint density at radius 3 is 1.86 bits per heavy atom. The van der Waals surface area contributed by atoms with Gasteiger partial charge in [-0.1, -0.05) is 91.0 Å². The van der Waals surface area contributed by atoms with Crippen LogP contribution in [0.5, 0.6) is 11.6 Å². The minimum absolute atomic E-state index is 0.00882. The van der Waals surface area contributed by atoms with Crippen molar-refractivity contribution in [1.29, 1.82) is 0 Å².